The van der Waals surface area contributed by atoms with Gasteiger partial charge in [-0.25, -0.2) is 0 Å². The molecule has 1 aliphatic rings. The number of carbonyl (C=O) groups excluding carboxylic acids is 2. The van der Waals surface area contributed by atoms with Crippen LogP contribution in [0.4, 0.5) is 0 Å². The number of rotatable bonds is 5. The molecule has 0 aliphatic carbocycles. The van der Waals surface area contributed by atoms with Crippen LogP contribution in [0.15, 0.2) is 24.3 Å². The lowest BCUT2D eigenvalue weighted by atomic mass is 10.0. The Labute approximate surface area is 117 Å². The highest BCUT2D eigenvalue weighted by Gasteiger charge is 2.29. The third-order valence-electron chi connectivity index (χ3n) is 3.28. The molecule has 0 spiro atoms. The predicted octanol–water partition coefficient (Wildman–Crippen LogP) is 0.341. The number of methoxy groups -OCH3 is 1. The molecule has 1 atom stereocenters. The van der Waals surface area contributed by atoms with Crippen LogP contribution < -0.4 is 10.1 Å². The van der Waals surface area contributed by atoms with Crippen molar-refractivity contribution in [2.45, 2.75) is 6.04 Å². The second kappa shape index (κ2) is 6.49. The summed E-state index contributed by atoms with van der Waals surface area (Å²) in [6, 6.07) is 7.35. The van der Waals surface area contributed by atoms with Gasteiger partial charge in [-0.3, -0.25) is 14.5 Å². The van der Waals surface area contributed by atoms with Crippen LogP contribution in [-0.4, -0.2) is 50.6 Å². The van der Waals surface area contributed by atoms with E-state index in [2.05, 4.69) is 5.32 Å². The maximum atomic E-state index is 11.8. The first kappa shape index (κ1) is 14.5. The molecule has 1 saturated heterocycles. The molecule has 1 aromatic rings. The number of para-hydroxylation sites is 1. The molecule has 1 fully saturated rings. The van der Waals surface area contributed by atoms with Gasteiger partial charge in [0, 0.05) is 12.1 Å². The Morgan fingerprint density at radius 2 is 1.95 bits per heavy atom. The number of imide groups is 1. The van der Waals surface area contributed by atoms with E-state index in [0.717, 1.165) is 11.3 Å². The van der Waals surface area contributed by atoms with Crippen LogP contribution in [0.5, 0.6) is 5.75 Å². The molecule has 1 unspecified atom stereocenters. The highest BCUT2D eigenvalue weighted by Crippen LogP contribution is 2.25. The Hall–Kier alpha value is -1.92. The van der Waals surface area contributed by atoms with Crippen molar-refractivity contribution in [2.24, 2.45) is 0 Å². The van der Waals surface area contributed by atoms with Gasteiger partial charge in [0.25, 0.3) is 11.8 Å². The van der Waals surface area contributed by atoms with Crippen molar-refractivity contribution in [1.29, 1.82) is 0 Å². The van der Waals surface area contributed by atoms with E-state index in [1.54, 1.807) is 14.2 Å². The molecule has 1 N–H and O–H groups in total. The summed E-state index contributed by atoms with van der Waals surface area (Å²) in [5, 5.41) is 3.11. The van der Waals surface area contributed by atoms with Gasteiger partial charge in [-0.15, -0.1) is 0 Å². The fraction of sp³-hybridized carbons (Fsp3) is 0.429. The van der Waals surface area contributed by atoms with Gasteiger partial charge in [0.05, 0.1) is 13.2 Å². The van der Waals surface area contributed by atoms with Gasteiger partial charge in [-0.2, -0.15) is 0 Å². The van der Waals surface area contributed by atoms with E-state index in [9.17, 15) is 9.59 Å². The molecule has 0 aromatic heterocycles. The lowest BCUT2D eigenvalue weighted by molar-refractivity contribution is -0.158. The monoisotopic (exact) mass is 278 g/mol. The highest BCUT2D eigenvalue weighted by atomic mass is 16.5. The first-order chi connectivity index (χ1) is 9.67. The van der Waals surface area contributed by atoms with Crippen LogP contribution in [0.25, 0.3) is 0 Å². The predicted molar refractivity (Wildman–Crippen MR) is 72.3 cm³/mol. The van der Waals surface area contributed by atoms with Gasteiger partial charge in [0.1, 0.15) is 19.0 Å². The minimum Gasteiger partial charge on any atom is -0.496 e. The number of morpholine rings is 1. The smallest absolute Gasteiger partial charge is 0.255 e. The molecule has 1 aliphatic heterocycles. The first-order valence-electron chi connectivity index (χ1n) is 6.38. The fourth-order valence-corrected chi connectivity index (χ4v) is 2.21. The molecule has 1 aromatic carbocycles. The van der Waals surface area contributed by atoms with E-state index in [-0.39, 0.29) is 37.6 Å². The summed E-state index contributed by atoms with van der Waals surface area (Å²) in [6.45, 7) is 0.167. The average Bonchev–Trinajstić information content (AvgIpc) is 2.47. The molecule has 1 heterocycles. The summed E-state index contributed by atoms with van der Waals surface area (Å²) in [4.78, 5) is 24.8. The summed E-state index contributed by atoms with van der Waals surface area (Å²) < 4.78 is 10.2. The third-order valence-corrected chi connectivity index (χ3v) is 3.28. The Bertz CT molecular complexity index is 488. The Morgan fingerprint density at radius 1 is 1.30 bits per heavy atom. The number of likely N-dealkylation sites (N-methyl/N-ethyl adjacent to an activating group) is 1. The van der Waals surface area contributed by atoms with Crippen LogP contribution in [0.1, 0.15) is 11.6 Å². The zero-order valence-electron chi connectivity index (χ0n) is 11.6. The molecule has 2 rings (SSSR count). The van der Waals surface area contributed by atoms with Crippen LogP contribution >= 0.6 is 0 Å². The third kappa shape index (κ3) is 2.97. The topological polar surface area (TPSA) is 67.9 Å². The first-order valence-corrected chi connectivity index (χ1v) is 6.38. The van der Waals surface area contributed by atoms with Gasteiger partial charge >= 0.3 is 0 Å². The van der Waals surface area contributed by atoms with E-state index >= 15 is 0 Å². The zero-order chi connectivity index (χ0) is 14.5. The van der Waals surface area contributed by atoms with E-state index in [0.29, 0.717) is 0 Å². The normalized spacial score (nSPS) is 17.2. The van der Waals surface area contributed by atoms with Crippen molar-refractivity contribution in [1.82, 2.24) is 10.2 Å². The number of hydrogen-bond acceptors (Lipinski definition) is 5. The number of benzene rings is 1. The lowest BCUT2D eigenvalue weighted by Crippen LogP contribution is -2.49. The van der Waals surface area contributed by atoms with E-state index in [4.69, 9.17) is 9.47 Å². The van der Waals surface area contributed by atoms with Gasteiger partial charge < -0.3 is 14.8 Å². The van der Waals surface area contributed by atoms with Crippen molar-refractivity contribution in [3.05, 3.63) is 29.8 Å². The molecule has 0 radical (unpaired) electrons. The van der Waals surface area contributed by atoms with E-state index in [1.807, 2.05) is 24.3 Å². The quantitative estimate of drug-likeness (QED) is 0.787. The lowest BCUT2D eigenvalue weighted by Gasteiger charge is -2.29. The molecule has 2 amide bonds. The second-order valence-electron chi connectivity index (χ2n) is 4.47. The largest absolute Gasteiger partial charge is 0.496 e. The fourth-order valence-electron chi connectivity index (χ4n) is 2.21. The number of nitrogens with zero attached hydrogens (tertiary/aromatic N) is 1. The average molecular weight is 278 g/mol. The maximum absolute atomic E-state index is 11.8. The highest BCUT2D eigenvalue weighted by molar-refractivity contribution is 5.98. The minimum absolute atomic E-state index is 0.0475. The molecular formula is C14H18N2O4. The maximum Gasteiger partial charge on any atom is 0.255 e. The summed E-state index contributed by atoms with van der Waals surface area (Å²) in [5.74, 6) is 0.104. The second-order valence-corrected chi connectivity index (χ2v) is 4.47. The Balaban J connectivity index is 2.20. The van der Waals surface area contributed by atoms with Crippen molar-refractivity contribution < 1.29 is 19.1 Å². The number of carbonyl (C=O) groups is 2. The number of ether oxygens (including phenoxy) is 2. The minimum atomic E-state index is -0.309. The molecule has 0 saturated carbocycles. The number of hydrogen-bond donors (Lipinski definition) is 1. The number of amides is 2. The molecule has 0 bridgehead atoms. The Morgan fingerprint density at radius 3 is 2.55 bits per heavy atom. The van der Waals surface area contributed by atoms with Crippen LogP contribution in [0.3, 0.4) is 0 Å². The van der Waals surface area contributed by atoms with E-state index in [1.165, 1.54) is 4.90 Å². The van der Waals surface area contributed by atoms with Crippen molar-refractivity contribution in [2.75, 3.05) is 33.9 Å². The standard InChI is InChI=1S/C14H18N2O4/c1-15-11(10-5-3-4-6-12(10)19-2)7-16-13(17)8-20-9-14(16)18/h3-6,11,15H,7-9H2,1-2H3. The summed E-state index contributed by atoms with van der Waals surface area (Å²) >= 11 is 0. The van der Waals surface area contributed by atoms with Crippen LogP contribution in [0.2, 0.25) is 0 Å². The molecule has 6 nitrogen and oxygen atoms in total. The molecule has 6 heteroatoms. The van der Waals surface area contributed by atoms with Crippen LogP contribution in [0, 0.1) is 0 Å². The van der Waals surface area contributed by atoms with Crippen molar-refractivity contribution >= 4 is 11.8 Å². The van der Waals surface area contributed by atoms with Crippen molar-refractivity contribution in [3.63, 3.8) is 0 Å². The molecule has 108 valence electrons. The van der Waals surface area contributed by atoms with Gasteiger partial charge in [-0.05, 0) is 13.1 Å². The van der Waals surface area contributed by atoms with Crippen LogP contribution in [-0.2, 0) is 14.3 Å². The zero-order valence-corrected chi connectivity index (χ0v) is 11.6. The summed E-state index contributed by atoms with van der Waals surface area (Å²) in [5.41, 5.74) is 0.907. The molecule has 20 heavy (non-hydrogen) atoms. The Kier molecular flexibility index (Phi) is 4.70. The number of nitrogens with one attached hydrogen (secondary N) is 1. The van der Waals surface area contributed by atoms with Gasteiger partial charge in [0.2, 0.25) is 0 Å². The molecular weight excluding hydrogens is 260 g/mol. The summed E-state index contributed by atoms with van der Waals surface area (Å²) in [7, 11) is 3.38. The summed E-state index contributed by atoms with van der Waals surface area (Å²) in [6.07, 6.45) is 0. The van der Waals surface area contributed by atoms with Gasteiger partial charge in [0.15, 0.2) is 0 Å². The van der Waals surface area contributed by atoms with Crippen molar-refractivity contribution in [3.8, 4) is 5.75 Å². The van der Waals surface area contributed by atoms with Gasteiger partial charge in [-0.1, -0.05) is 18.2 Å². The van der Waals surface area contributed by atoms with E-state index < -0.39 is 0 Å². The SMILES string of the molecule is CNC(CN1C(=O)COCC1=O)c1ccccc1OC.